The van der Waals surface area contributed by atoms with Crippen LogP contribution in [0.3, 0.4) is 0 Å². The molecule has 2 rings (SSSR count). The van der Waals surface area contributed by atoms with Gasteiger partial charge in [-0.25, -0.2) is 4.79 Å². The summed E-state index contributed by atoms with van der Waals surface area (Å²) in [5.41, 5.74) is -0.977. The molecule has 1 atom stereocenters. The van der Waals surface area contributed by atoms with E-state index in [0.717, 1.165) is 18.7 Å². The molecule has 1 saturated heterocycles. The monoisotopic (exact) mass is 342 g/mol. The van der Waals surface area contributed by atoms with Gasteiger partial charge >= 0.3 is 5.97 Å². The van der Waals surface area contributed by atoms with Crippen LogP contribution in [0.2, 0.25) is 0 Å². The highest BCUT2D eigenvalue weighted by atomic mass is 32.2. The van der Waals surface area contributed by atoms with Gasteiger partial charge in [-0.05, 0) is 18.7 Å². The number of thioether (sulfide) groups is 1. The molecule has 0 saturated carbocycles. The van der Waals surface area contributed by atoms with Gasteiger partial charge in [-0.15, -0.1) is 0 Å². The molecule has 0 spiro atoms. The number of hydrogen-bond acceptors (Lipinski definition) is 5. The molecule has 0 aromatic heterocycles. The molecule has 0 aliphatic carbocycles. The lowest BCUT2D eigenvalue weighted by Gasteiger charge is -2.30. The molecular formula is C15H22N2O3S2. The Balaban J connectivity index is 0.000000422. The summed E-state index contributed by atoms with van der Waals surface area (Å²) >= 11 is 6.26. The lowest BCUT2D eigenvalue weighted by atomic mass is 10.1. The predicted molar refractivity (Wildman–Crippen MR) is 93.8 cm³/mol. The van der Waals surface area contributed by atoms with Gasteiger partial charge in [0.25, 0.3) is 0 Å². The minimum absolute atomic E-state index is 0.0635. The first-order valence-electron chi connectivity index (χ1n) is 7.10. The zero-order chi connectivity index (χ0) is 16.6. The normalized spacial score (nSPS) is 20.5. The third kappa shape index (κ3) is 4.95. The summed E-state index contributed by atoms with van der Waals surface area (Å²) in [7, 11) is 0. The van der Waals surface area contributed by atoms with Gasteiger partial charge in [0.2, 0.25) is 5.72 Å². The van der Waals surface area contributed by atoms with Gasteiger partial charge < -0.3 is 20.4 Å². The summed E-state index contributed by atoms with van der Waals surface area (Å²) in [5.74, 6) is -1.20. The topological polar surface area (TPSA) is 72.8 Å². The van der Waals surface area contributed by atoms with Crippen molar-refractivity contribution in [3.05, 3.63) is 35.9 Å². The zero-order valence-electron chi connectivity index (χ0n) is 12.8. The first kappa shape index (κ1) is 18.9. The van der Waals surface area contributed by atoms with E-state index in [-0.39, 0.29) is 5.75 Å². The number of carbonyl (C=O) groups is 1. The van der Waals surface area contributed by atoms with Crippen LogP contribution in [0.15, 0.2) is 30.3 Å². The fourth-order valence-electron chi connectivity index (χ4n) is 1.86. The Morgan fingerprint density at radius 2 is 1.95 bits per heavy atom. The van der Waals surface area contributed by atoms with Crippen LogP contribution in [-0.4, -0.2) is 50.0 Å². The van der Waals surface area contributed by atoms with Crippen molar-refractivity contribution in [1.82, 2.24) is 10.2 Å². The second-order valence-electron chi connectivity index (χ2n) is 4.71. The first-order chi connectivity index (χ1) is 10.5. The maximum absolute atomic E-state index is 11.1. The standard InChI is InChI=1S/C11H11NO3S2.C4H11N/c13-9(14)11(15)7-17-10(16)12(11)6-8-4-2-1-3-5-8;1-3-5-4-2/h1-5,15H,6-7H2,(H,13,14);5H,3-4H2,1-2H3. The Bertz CT molecular complexity index is 497. The molecule has 1 unspecified atom stereocenters. The SMILES string of the molecule is CCNCC.O=C(O)C1(O)CSC(=S)N1Cc1ccccc1. The molecule has 1 aromatic rings. The van der Waals surface area contributed by atoms with Gasteiger partial charge in [-0.1, -0.05) is 68.2 Å². The molecule has 0 bridgehead atoms. The van der Waals surface area contributed by atoms with Crippen molar-refractivity contribution in [1.29, 1.82) is 0 Å². The molecule has 1 aliphatic heterocycles. The maximum atomic E-state index is 11.1. The zero-order valence-corrected chi connectivity index (χ0v) is 14.4. The predicted octanol–water partition coefficient (Wildman–Crippen LogP) is 1.91. The van der Waals surface area contributed by atoms with Crippen molar-refractivity contribution in [2.45, 2.75) is 26.1 Å². The number of carboxylic acid groups (broad SMARTS) is 1. The van der Waals surface area contributed by atoms with E-state index in [0.29, 0.717) is 10.9 Å². The van der Waals surface area contributed by atoms with Crippen LogP contribution < -0.4 is 5.32 Å². The van der Waals surface area contributed by atoms with Crippen molar-refractivity contribution >= 4 is 34.3 Å². The number of hydrogen-bond donors (Lipinski definition) is 3. The molecule has 5 nitrogen and oxygen atoms in total. The third-order valence-electron chi connectivity index (χ3n) is 3.09. The van der Waals surface area contributed by atoms with Crippen LogP contribution in [-0.2, 0) is 11.3 Å². The maximum Gasteiger partial charge on any atom is 0.358 e. The number of rotatable bonds is 5. The molecule has 1 heterocycles. The molecule has 22 heavy (non-hydrogen) atoms. The lowest BCUT2D eigenvalue weighted by molar-refractivity contribution is -0.169. The lowest BCUT2D eigenvalue weighted by Crippen LogP contribution is -2.52. The fourth-order valence-corrected chi connectivity index (χ4v) is 3.23. The minimum Gasteiger partial charge on any atom is -0.478 e. The fraction of sp³-hybridized carbons (Fsp3) is 0.467. The summed E-state index contributed by atoms with van der Waals surface area (Å²) in [6.45, 7) is 6.69. The summed E-state index contributed by atoms with van der Waals surface area (Å²) < 4.78 is 0.416. The second kappa shape index (κ2) is 9.09. The van der Waals surface area contributed by atoms with E-state index < -0.39 is 11.7 Å². The van der Waals surface area contributed by atoms with Crippen LogP contribution in [0.4, 0.5) is 0 Å². The van der Waals surface area contributed by atoms with E-state index in [9.17, 15) is 9.90 Å². The molecule has 122 valence electrons. The Labute approximate surface area is 140 Å². The van der Waals surface area contributed by atoms with Gasteiger partial charge in [0.1, 0.15) is 4.32 Å². The Hall–Kier alpha value is -1.15. The van der Waals surface area contributed by atoms with Crippen LogP contribution in [0.5, 0.6) is 0 Å². The number of aliphatic hydroxyl groups is 1. The number of nitrogens with one attached hydrogen (secondary N) is 1. The van der Waals surface area contributed by atoms with Crippen molar-refractivity contribution in [3.63, 3.8) is 0 Å². The summed E-state index contributed by atoms with van der Waals surface area (Å²) in [5, 5.41) is 22.3. The largest absolute Gasteiger partial charge is 0.478 e. The van der Waals surface area contributed by atoms with Crippen LogP contribution in [0.25, 0.3) is 0 Å². The Kier molecular flexibility index (Phi) is 7.81. The van der Waals surface area contributed by atoms with E-state index >= 15 is 0 Å². The average molecular weight is 342 g/mol. The van der Waals surface area contributed by atoms with Crippen LogP contribution in [0.1, 0.15) is 19.4 Å². The smallest absolute Gasteiger partial charge is 0.358 e. The molecule has 1 fully saturated rings. The van der Waals surface area contributed by atoms with Crippen molar-refractivity contribution in [2.75, 3.05) is 18.8 Å². The highest BCUT2D eigenvalue weighted by molar-refractivity contribution is 8.23. The second-order valence-corrected chi connectivity index (χ2v) is 6.31. The summed E-state index contributed by atoms with van der Waals surface area (Å²) in [6.07, 6.45) is 0. The van der Waals surface area contributed by atoms with Gasteiger partial charge in [-0.3, -0.25) is 0 Å². The minimum atomic E-state index is -1.89. The van der Waals surface area contributed by atoms with E-state index in [1.165, 1.54) is 16.7 Å². The summed E-state index contributed by atoms with van der Waals surface area (Å²) in [4.78, 5) is 12.5. The van der Waals surface area contributed by atoms with E-state index in [1.54, 1.807) is 0 Å². The molecule has 3 N–H and O–H groups in total. The van der Waals surface area contributed by atoms with E-state index in [2.05, 4.69) is 19.2 Å². The van der Waals surface area contributed by atoms with Crippen molar-refractivity contribution in [2.24, 2.45) is 0 Å². The average Bonchev–Trinajstić information content (AvgIpc) is 2.80. The Morgan fingerprint density at radius 1 is 1.36 bits per heavy atom. The number of benzene rings is 1. The number of carboxylic acids is 1. The molecule has 1 aliphatic rings. The van der Waals surface area contributed by atoms with Gasteiger partial charge in [-0.2, -0.15) is 0 Å². The summed E-state index contributed by atoms with van der Waals surface area (Å²) in [6, 6.07) is 9.34. The molecule has 7 heteroatoms. The number of aliphatic carboxylic acids is 1. The van der Waals surface area contributed by atoms with Gasteiger partial charge in [0.05, 0.1) is 5.75 Å². The quantitative estimate of drug-likeness (QED) is 0.706. The number of nitrogens with zero attached hydrogens (tertiary/aromatic N) is 1. The molecule has 1 aromatic carbocycles. The van der Waals surface area contributed by atoms with Crippen molar-refractivity contribution < 1.29 is 15.0 Å². The van der Waals surface area contributed by atoms with Gasteiger partial charge in [0, 0.05) is 6.54 Å². The van der Waals surface area contributed by atoms with Crippen molar-refractivity contribution in [3.8, 4) is 0 Å². The molecular weight excluding hydrogens is 320 g/mol. The van der Waals surface area contributed by atoms with Crippen LogP contribution in [0, 0.1) is 0 Å². The molecule has 0 amide bonds. The third-order valence-corrected chi connectivity index (χ3v) is 4.68. The van der Waals surface area contributed by atoms with Gasteiger partial charge in [0.15, 0.2) is 0 Å². The molecule has 0 radical (unpaired) electrons. The number of thiocarbonyl (C=S) groups is 1. The first-order valence-corrected chi connectivity index (χ1v) is 8.49. The van der Waals surface area contributed by atoms with E-state index in [4.69, 9.17) is 17.3 Å². The Morgan fingerprint density at radius 3 is 2.41 bits per heavy atom. The van der Waals surface area contributed by atoms with Crippen LogP contribution >= 0.6 is 24.0 Å². The van der Waals surface area contributed by atoms with E-state index in [1.807, 2.05) is 30.3 Å². The highest BCUT2D eigenvalue weighted by Crippen LogP contribution is 2.33. The highest BCUT2D eigenvalue weighted by Gasteiger charge is 2.49.